The number of benzene rings is 1. The highest BCUT2D eigenvalue weighted by Gasteiger charge is 2.18. The van der Waals surface area contributed by atoms with Gasteiger partial charge in [-0.05, 0) is 30.5 Å². The summed E-state index contributed by atoms with van der Waals surface area (Å²) < 4.78 is 6.87. The van der Waals surface area contributed by atoms with Gasteiger partial charge in [0.2, 0.25) is 0 Å². The Balaban J connectivity index is 1.75. The van der Waals surface area contributed by atoms with Crippen LogP contribution in [0.1, 0.15) is 30.9 Å². The Morgan fingerprint density at radius 2 is 2.40 bits per heavy atom. The number of amidine groups is 1. The van der Waals surface area contributed by atoms with Crippen LogP contribution in [0.5, 0.6) is 5.75 Å². The molecule has 1 unspecified atom stereocenters. The minimum absolute atomic E-state index is 0.583. The lowest BCUT2D eigenvalue weighted by Gasteiger charge is -2.24. The zero-order valence-corrected chi connectivity index (χ0v) is 14.0. The van der Waals surface area contributed by atoms with E-state index in [1.54, 1.807) is 0 Å². The van der Waals surface area contributed by atoms with Crippen LogP contribution in [0.2, 0.25) is 0 Å². The van der Waals surface area contributed by atoms with Gasteiger partial charge < -0.3 is 10.1 Å². The van der Waals surface area contributed by atoms with Gasteiger partial charge in [0.05, 0.1) is 13.2 Å². The van der Waals surface area contributed by atoms with E-state index in [4.69, 9.17) is 9.73 Å². The van der Waals surface area contributed by atoms with Crippen molar-refractivity contribution < 1.29 is 4.74 Å². The number of nitrogens with zero attached hydrogens (tertiary/aromatic N) is 1. The summed E-state index contributed by atoms with van der Waals surface area (Å²) in [4.78, 5) is 4.74. The monoisotopic (exact) mass is 354 g/mol. The maximum atomic E-state index is 5.75. The van der Waals surface area contributed by atoms with Crippen molar-refractivity contribution >= 4 is 32.9 Å². The topological polar surface area (TPSA) is 33.6 Å². The number of hydrogen-bond donors (Lipinski definition) is 1. The number of halogens is 1. The standard InChI is InChI=1S/C15H19BrN2OS/c1-2-13-4-6-20-15(18-13)17-9-11-8-12(16)7-10-3-5-19-14(10)11/h7-8,13H,2-6,9H2,1H3,(H,17,18). The van der Waals surface area contributed by atoms with Gasteiger partial charge in [-0.25, -0.2) is 0 Å². The van der Waals surface area contributed by atoms with Crippen molar-refractivity contribution in [3.05, 3.63) is 27.7 Å². The highest BCUT2D eigenvalue weighted by Crippen LogP contribution is 2.33. The summed E-state index contributed by atoms with van der Waals surface area (Å²) in [5.74, 6) is 2.21. The zero-order chi connectivity index (χ0) is 13.9. The molecule has 1 N–H and O–H groups in total. The molecule has 1 aromatic carbocycles. The van der Waals surface area contributed by atoms with E-state index in [0.29, 0.717) is 12.6 Å². The molecule has 108 valence electrons. The van der Waals surface area contributed by atoms with Crippen molar-refractivity contribution in [2.45, 2.75) is 38.8 Å². The number of aliphatic imine (C=N–C) groups is 1. The van der Waals surface area contributed by atoms with Crippen molar-refractivity contribution in [1.29, 1.82) is 0 Å². The summed E-state index contributed by atoms with van der Waals surface area (Å²) in [6.45, 7) is 3.70. The molecule has 3 rings (SSSR count). The van der Waals surface area contributed by atoms with E-state index >= 15 is 0 Å². The lowest BCUT2D eigenvalue weighted by atomic mass is 10.1. The SMILES string of the molecule is CCC1CCSC(=NCc2cc(Br)cc3c2OCC3)N1. The molecular formula is C15H19BrN2OS. The third kappa shape index (κ3) is 3.14. The van der Waals surface area contributed by atoms with E-state index in [-0.39, 0.29) is 0 Å². The molecule has 1 aromatic rings. The first kappa shape index (κ1) is 14.3. The first-order valence-electron chi connectivity index (χ1n) is 7.14. The average Bonchev–Trinajstić information content (AvgIpc) is 2.93. The predicted molar refractivity (Wildman–Crippen MR) is 88.8 cm³/mol. The van der Waals surface area contributed by atoms with Crippen LogP contribution in [-0.2, 0) is 13.0 Å². The fourth-order valence-corrected chi connectivity index (χ4v) is 4.16. The Labute approximate surface area is 132 Å². The molecule has 1 saturated heterocycles. The van der Waals surface area contributed by atoms with Crippen LogP contribution in [-0.4, -0.2) is 23.6 Å². The van der Waals surface area contributed by atoms with E-state index in [0.717, 1.165) is 40.6 Å². The van der Waals surface area contributed by atoms with Crippen molar-refractivity contribution in [2.75, 3.05) is 12.4 Å². The van der Waals surface area contributed by atoms with Gasteiger partial charge in [-0.3, -0.25) is 4.99 Å². The lowest BCUT2D eigenvalue weighted by Crippen LogP contribution is -2.37. The van der Waals surface area contributed by atoms with E-state index in [1.165, 1.54) is 17.5 Å². The molecule has 2 heterocycles. The third-order valence-electron chi connectivity index (χ3n) is 3.74. The van der Waals surface area contributed by atoms with Crippen LogP contribution in [0, 0.1) is 0 Å². The van der Waals surface area contributed by atoms with E-state index in [1.807, 2.05) is 11.8 Å². The summed E-state index contributed by atoms with van der Waals surface area (Å²) in [5, 5.41) is 4.59. The fraction of sp³-hybridized carbons (Fsp3) is 0.533. The maximum absolute atomic E-state index is 5.75. The van der Waals surface area contributed by atoms with Crippen LogP contribution in [0.4, 0.5) is 0 Å². The molecule has 1 fully saturated rings. The number of rotatable bonds is 3. The van der Waals surface area contributed by atoms with Crippen LogP contribution in [0.15, 0.2) is 21.6 Å². The summed E-state index contributed by atoms with van der Waals surface area (Å²) in [6.07, 6.45) is 3.40. The van der Waals surface area contributed by atoms with Gasteiger partial charge in [-0.15, -0.1) is 0 Å². The number of hydrogen-bond acceptors (Lipinski definition) is 3. The molecule has 0 aromatic heterocycles. The molecule has 0 radical (unpaired) electrons. The van der Waals surface area contributed by atoms with Gasteiger partial charge in [0.25, 0.3) is 0 Å². The first-order chi connectivity index (χ1) is 9.76. The highest BCUT2D eigenvalue weighted by molar-refractivity contribution is 9.10. The normalized spacial score (nSPS) is 23.3. The summed E-state index contributed by atoms with van der Waals surface area (Å²) in [6, 6.07) is 4.86. The number of thioether (sulfide) groups is 1. The van der Waals surface area contributed by atoms with Gasteiger partial charge in [0, 0.05) is 28.3 Å². The van der Waals surface area contributed by atoms with Crippen LogP contribution in [0.3, 0.4) is 0 Å². The Morgan fingerprint density at radius 1 is 1.50 bits per heavy atom. The second-order valence-corrected chi connectivity index (χ2v) is 7.16. The largest absolute Gasteiger partial charge is 0.493 e. The summed E-state index contributed by atoms with van der Waals surface area (Å²) in [7, 11) is 0. The maximum Gasteiger partial charge on any atom is 0.157 e. The Kier molecular flexibility index (Phi) is 4.56. The van der Waals surface area contributed by atoms with Gasteiger partial charge in [0.15, 0.2) is 5.17 Å². The molecule has 2 aliphatic rings. The molecule has 5 heteroatoms. The van der Waals surface area contributed by atoms with Crippen molar-refractivity contribution in [1.82, 2.24) is 5.32 Å². The van der Waals surface area contributed by atoms with Crippen LogP contribution >= 0.6 is 27.7 Å². The minimum Gasteiger partial charge on any atom is -0.493 e. The number of fused-ring (bicyclic) bond motifs is 1. The van der Waals surface area contributed by atoms with E-state index in [2.05, 4.69) is 40.3 Å². The third-order valence-corrected chi connectivity index (χ3v) is 5.16. The van der Waals surface area contributed by atoms with Crippen molar-refractivity contribution in [3.8, 4) is 5.75 Å². The molecule has 0 bridgehead atoms. The quantitative estimate of drug-likeness (QED) is 0.897. The summed E-state index contributed by atoms with van der Waals surface area (Å²) >= 11 is 5.40. The zero-order valence-electron chi connectivity index (χ0n) is 11.6. The first-order valence-corrected chi connectivity index (χ1v) is 8.92. The average molecular weight is 355 g/mol. The second-order valence-electron chi connectivity index (χ2n) is 5.16. The van der Waals surface area contributed by atoms with Gasteiger partial charge in [-0.1, -0.05) is 34.6 Å². The molecule has 0 saturated carbocycles. The second kappa shape index (κ2) is 6.39. The lowest BCUT2D eigenvalue weighted by molar-refractivity contribution is 0.353. The van der Waals surface area contributed by atoms with Crippen molar-refractivity contribution in [2.24, 2.45) is 4.99 Å². The van der Waals surface area contributed by atoms with Crippen molar-refractivity contribution in [3.63, 3.8) is 0 Å². The highest BCUT2D eigenvalue weighted by atomic mass is 79.9. The van der Waals surface area contributed by atoms with Crippen LogP contribution in [0.25, 0.3) is 0 Å². The molecule has 3 nitrogen and oxygen atoms in total. The number of nitrogens with one attached hydrogen (secondary N) is 1. The molecule has 0 spiro atoms. The molecule has 1 atom stereocenters. The molecule has 2 aliphatic heterocycles. The van der Waals surface area contributed by atoms with E-state index < -0.39 is 0 Å². The molecular weight excluding hydrogens is 336 g/mol. The molecule has 0 amide bonds. The fourth-order valence-electron chi connectivity index (χ4n) is 2.60. The smallest absolute Gasteiger partial charge is 0.157 e. The molecule has 20 heavy (non-hydrogen) atoms. The predicted octanol–water partition coefficient (Wildman–Crippen LogP) is 3.75. The van der Waals surface area contributed by atoms with Gasteiger partial charge >= 0.3 is 0 Å². The Bertz CT molecular complexity index is 533. The van der Waals surface area contributed by atoms with E-state index in [9.17, 15) is 0 Å². The number of ether oxygens (including phenoxy) is 1. The van der Waals surface area contributed by atoms with Crippen LogP contribution < -0.4 is 10.1 Å². The Morgan fingerprint density at radius 3 is 3.25 bits per heavy atom. The molecule has 0 aliphatic carbocycles. The van der Waals surface area contributed by atoms with Gasteiger partial charge in [0.1, 0.15) is 5.75 Å². The summed E-state index contributed by atoms with van der Waals surface area (Å²) in [5.41, 5.74) is 2.48. The minimum atomic E-state index is 0.583. The van der Waals surface area contributed by atoms with Gasteiger partial charge in [-0.2, -0.15) is 0 Å². The Hall–Kier alpha value is -0.680.